The molecule has 5 aromatic rings. The lowest BCUT2D eigenvalue weighted by Gasteiger charge is -2.30. The Balaban J connectivity index is 0.000000160. The molecule has 7 rings (SSSR count). The molecule has 0 radical (unpaired) electrons. The van der Waals surface area contributed by atoms with Gasteiger partial charge in [0.15, 0.2) is 11.1 Å². The molecular weight excluding hydrogens is 620 g/mol. The lowest BCUT2D eigenvalue weighted by molar-refractivity contribution is -0.140. The van der Waals surface area contributed by atoms with E-state index in [4.69, 9.17) is 5.11 Å². The van der Waals surface area contributed by atoms with E-state index in [-0.39, 0.29) is 11.5 Å². The highest BCUT2D eigenvalue weighted by atomic mass is 16.4. The van der Waals surface area contributed by atoms with Gasteiger partial charge in [0.2, 0.25) is 0 Å². The van der Waals surface area contributed by atoms with Crippen LogP contribution in [0.15, 0.2) is 127 Å². The fraction of sp³-hybridized carbons (Fsp3) is 0.100. The monoisotopic (exact) mass is 656 g/mol. The van der Waals surface area contributed by atoms with Crippen molar-refractivity contribution in [3.63, 3.8) is 0 Å². The maximum Gasteiger partial charge on any atom is 0.333 e. The van der Waals surface area contributed by atoms with E-state index in [9.17, 15) is 30.0 Å². The number of carbonyl (C=O) groups is 2. The fourth-order valence-corrected chi connectivity index (χ4v) is 5.34. The Kier molecular flexibility index (Phi) is 9.75. The van der Waals surface area contributed by atoms with E-state index in [1.54, 1.807) is 74.5 Å². The van der Waals surface area contributed by atoms with Gasteiger partial charge in [-0.15, -0.1) is 0 Å². The zero-order valence-electron chi connectivity index (χ0n) is 26.8. The molecule has 2 unspecified atom stereocenters. The van der Waals surface area contributed by atoms with E-state index in [1.165, 1.54) is 0 Å². The third-order valence-corrected chi connectivity index (χ3v) is 8.20. The summed E-state index contributed by atoms with van der Waals surface area (Å²) in [5.41, 5.74) is 3.95. The Morgan fingerprint density at radius 1 is 0.510 bits per heavy atom. The van der Waals surface area contributed by atoms with Crippen molar-refractivity contribution in [1.29, 1.82) is 0 Å². The van der Waals surface area contributed by atoms with Crippen LogP contribution in [0, 0.1) is 0 Å². The number of phenolic OH excluding ortho intramolecular Hbond substituents is 3. The SMILES string of the molecule is CC1(C(=O)O)C=Cc2c(-c3ccccc3)ccc(O)c2N1.CC1(C(=O)O)C=Cc2c(-c3ccccc3)ccc(O)c2N1.Oc1ccccc1. The highest BCUT2D eigenvalue weighted by Gasteiger charge is 2.36. The Morgan fingerprint density at radius 2 is 0.857 bits per heavy atom. The van der Waals surface area contributed by atoms with Crippen LogP contribution in [-0.2, 0) is 9.59 Å². The minimum atomic E-state index is -1.22. The van der Waals surface area contributed by atoms with Crippen LogP contribution in [0.4, 0.5) is 11.4 Å². The summed E-state index contributed by atoms with van der Waals surface area (Å²) in [5, 5.41) is 53.2. The summed E-state index contributed by atoms with van der Waals surface area (Å²) in [6.45, 7) is 3.12. The third-order valence-electron chi connectivity index (χ3n) is 8.20. The Hall–Kier alpha value is -6.48. The van der Waals surface area contributed by atoms with E-state index in [2.05, 4.69) is 10.6 Å². The summed E-state index contributed by atoms with van der Waals surface area (Å²) in [5.74, 6) is -1.58. The van der Waals surface area contributed by atoms with E-state index in [0.717, 1.165) is 33.4 Å². The summed E-state index contributed by atoms with van der Waals surface area (Å²) in [7, 11) is 0. The van der Waals surface area contributed by atoms with E-state index in [0.29, 0.717) is 17.1 Å². The minimum Gasteiger partial charge on any atom is -0.508 e. The van der Waals surface area contributed by atoms with Crippen molar-refractivity contribution in [1.82, 2.24) is 0 Å². The standard InChI is InChI=1S/2C17H15NO3.C6H6O/c2*1-17(16(20)21)10-9-13-12(11-5-3-2-4-6-11)7-8-14(19)15(13)18-17;7-6-4-2-1-3-5-6/h2*2-10,18-19H,1H3,(H,20,21);1-5,7H. The predicted molar refractivity (Wildman–Crippen MR) is 193 cm³/mol. The molecule has 0 spiro atoms. The normalized spacial score (nSPS) is 18.1. The number of para-hydroxylation sites is 1. The van der Waals surface area contributed by atoms with Crippen molar-refractivity contribution in [2.45, 2.75) is 24.9 Å². The minimum absolute atomic E-state index is 0.0431. The van der Waals surface area contributed by atoms with Crippen molar-refractivity contribution >= 4 is 35.5 Å². The number of benzene rings is 5. The second kappa shape index (κ2) is 14.1. The van der Waals surface area contributed by atoms with Crippen molar-refractivity contribution in [3.05, 3.63) is 139 Å². The van der Waals surface area contributed by atoms with Gasteiger partial charge in [-0.25, -0.2) is 9.59 Å². The average Bonchev–Trinajstić information content (AvgIpc) is 3.11. The Bertz CT molecular complexity index is 1900. The van der Waals surface area contributed by atoms with Crippen LogP contribution in [0.3, 0.4) is 0 Å². The Morgan fingerprint density at radius 3 is 1.16 bits per heavy atom. The summed E-state index contributed by atoms with van der Waals surface area (Å²) in [6.07, 6.45) is 6.71. The molecule has 0 saturated carbocycles. The molecule has 49 heavy (non-hydrogen) atoms. The van der Waals surface area contributed by atoms with Crippen LogP contribution in [-0.4, -0.2) is 48.5 Å². The van der Waals surface area contributed by atoms with E-state index in [1.807, 2.05) is 78.9 Å². The highest BCUT2D eigenvalue weighted by molar-refractivity contribution is 5.96. The van der Waals surface area contributed by atoms with Crippen LogP contribution in [0.5, 0.6) is 17.2 Å². The van der Waals surface area contributed by atoms with Gasteiger partial charge in [-0.05, 0) is 84.7 Å². The molecule has 2 atom stereocenters. The van der Waals surface area contributed by atoms with Crippen LogP contribution in [0.25, 0.3) is 34.4 Å². The average molecular weight is 657 g/mol. The molecule has 0 aromatic heterocycles. The second-order valence-corrected chi connectivity index (χ2v) is 11.8. The van der Waals surface area contributed by atoms with E-state index >= 15 is 0 Å². The number of anilines is 2. The molecule has 2 aliphatic rings. The number of hydrogen-bond acceptors (Lipinski definition) is 7. The van der Waals surface area contributed by atoms with Gasteiger partial charge in [-0.1, -0.05) is 91.0 Å². The molecule has 0 fully saturated rings. The first kappa shape index (κ1) is 33.9. The van der Waals surface area contributed by atoms with Gasteiger partial charge in [0.1, 0.15) is 17.2 Å². The lowest BCUT2D eigenvalue weighted by atomic mass is 9.90. The third kappa shape index (κ3) is 7.41. The number of aliphatic carboxylic acids is 2. The molecule has 9 heteroatoms. The van der Waals surface area contributed by atoms with Gasteiger partial charge in [-0.3, -0.25) is 0 Å². The van der Waals surface area contributed by atoms with Gasteiger partial charge >= 0.3 is 11.9 Å². The first-order chi connectivity index (χ1) is 23.4. The molecule has 0 amide bonds. The number of hydrogen-bond donors (Lipinski definition) is 7. The first-order valence-corrected chi connectivity index (χ1v) is 15.4. The van der Waals surface area contributed by atoms with Crippen molar-refractivity contribution in [2.24, 2.45) is 0 Å². The largest absolute Gasteiger partial charge is 0.508 e. The Labute approximate surface area is 283 Å². The second-order valence-electron chi connectivity index (χ2n) is 11.8. The van der Waals surface area contributed by atoms with Crippen LogP contribution >= 0.6 is 0 Å². The number of carboxylic acids is 2. The van der Waals surface area contributed by atoms with E-state index < -0.39 is 23.0 Å². The van der Waals surface area contributed by atoms with Gasteiger partial charge in [-0.2, -0.15) is 0 Å². The van der Waals surface area contributed by atoms with Gasteiger partial charge in [0, 0.05) is 11.1 Å². The topological polar surface area (TPSA) is 159 Å². The molecule has 5 aromatic carbocycles. The summed E-state index contributed by atoms with van der Waals surface area (Å²) >= 11 is 0. The van der Waals surface area contributed by atoms with Crippen LogP contribution < -0.4 is 10.6 Å². The number of phenols is 3. The van der Waals surface area contributed by atoms with Crippen LogP contribution in [0.2, 0.25) is 0 Å². The zero-order chi connectivity index (χ0) is 35.2. The molecule has 7 N–H and O–H groups in total. The summed E-state index contributed by atoms with van der Waals surface area (Å²) in [6, 6.07) is 35.1. The van der Waals surface area contributed by atoms with Crippen molar-refractivity contribution in [2.75, 3.05) is 10.6 Å². The number of nitrogens with one attached hydrogen (secondary N) is 2. The molecule has 248 valence electrons. The molecular formula is C40H36N2O7. The fourth-order valence-electron chi connectivity index (χ4n) is 5.34. The molecule has 2 heterocycles. The highest BCUT2D eigenvalue weighted by Crippen LogP contribution is 2.42. The summed E-state index contributed by atoms with van der Waals surface area (Å²) in [4.78, 5) is 22.7. The quantitative estimate of drug-likeness (QED) is 0.0950. The molecule has 9 nitrogen and oxygen atoms in total. The lowest BCUT2D eigenvalue weighted by Crippen LogP contribution is -2.42. The number of aromatic hydroxyl groups is 3. The number of rotatable bonds is 4. The molecule has 0 bridgehead atoms. The summed E-state index contributed by atoms with van der Waals surface area (Å²) < 4.78 is 0. The molecule has 2 aliphatic heterocycles. The van der Waals surface area contributed by atoms with Crippen molar-refractivity contribution < 1.29 is 35.1 Å². The number of fused-ring (bicyclic) bond motifs is 2. The number of carboxylic acid groups (broad SMARTS) is 2. The molecule has 0 saturated heterocycles. The first-order valence-electron chi connectivity index (χ1n) is 15.4. The maximum atomic E-state index is 11.4. The maximum absolute atomic E-state index is 11.4. The zero-order valence-corrected chi connectivity index (χ0v) is 26.8. The van der Waals surface area contributed by atoms with Gasteiger partial charge in [0.05, 0.1) is 11.4 Å². The smallest absolute Gasteiger partial charge is 0.333 e. The predicted octanol–water partition coefficient (Wildman–Crippen LogP) is 8.07. The molecule has 0 aliphatic carbocycles. The van der Waals surface area contributed by atoms with Crippen LogP contribution in [0.1, 0.15) is 25.0 Å². The van der Waals surface area contributed by atoms with Gasteiger partial charge in [0.25, 0.3) is 0 Å². The van der Waals surface area contributed by atoms with Gasteiger partial charge < -0.3 is 36.2 Å². The van der Waals surface area contributed by atoms with Crippen molar-refractivity contribution in [3.8, 4) is 39.5 Å².